The second-order valence-electron chi connectivity index (χ2n) is 5.33. The molecule has 0 saturated carbocycles. The van der Waals surface area contributed by atoms with Crippen LogP contribution in [0.1, 0.15) is 11.7 Å². The number of nitrogens with one attached hydrogen (secondary N) is 1. The highest BCUT2D eigenvalue weighted by Gasteiger charge is 2.22. The molecular formula is C17H18Cl2N2O4. The number of anilines is 1. The molecule has 0 aliphatic carbocycles. The molecule has 0 radical (unpaired) electrons. The van der Waals surface area contributed by atoms with E-state index >= 15 is 0 Å². The summed E-state index contributed by atoms with van der Waals surface area (Å²) in [6.07, 6.45) is -1.09. The van der Waals surface area contributed by atoms with Crippen molar-refractivity contribution in [2.75, 3.05) is 18.9 Å². The number of hydrogen-bond donors (Lipinski definition) is 4. The van der Waals surface area contributed by atoms with Crippen LogP contribution in [0.5, 0.6) is 5.75 Å². The molecule has 2 atom stereocenters. The van der Waals surface area contributed by atoms with Crippen LogP contribution in [0.25, 0.3) is 0 Å². The van der Waals surface area contributed by atoms with Crippen molar-refractivity contribution in [1.29, 1.82) is 0 Å². The summed E-state index contributed by atoms with van der Waals surface area (Å²) in [5, 5.41) is 23.0. The van der Waals surface area contributed by atoms with Crippen molar-refractivity contribution >= 4 is 34.8 Å². The first-order valence-corrected chi connectivity index (χ1v) is 8.18. The Balaban J connectivity index is 1.93. The molecule has 2 aromatic rings. The Morgan fingerprint density at radius 3 is 2.48 bits per heavy atom. The Labute approximate surface area is 155 Å². The molecule has 0 spiro atoms. The number of halogens is 2. The van der Waals surface area contributed by atoms with E-state index in [2.05, 4.69) is 5.32 Å². The van der Waals surface area contributed by atoms with Gasteiger partial charge in [0.1, 0.15) is 11.9 Å². The van der Waals surface area contributed by atoms with Crippen LogP contribution in [0.4, 0.5) is 5.69 Å². The van der Waals surface area contributed by atoms with Gasteiger partial charge in [-0.15, -0.1) is 0 Å². The van der Waals surface area contributed by atoms with Crippen LogP contribution < -0.4 is 15.8 Å². The molecule has 0 bridgehead atoms. The first-order valence-electron chi connectivity index (χ1n) is 7.42. The van der Waals surface area contributed by atoms with Crippen molar-refractivity contribution in [3.63, 3.8) is 0 Å². The lowest BCUT2D eigenvalue weighted by Gasteiger charge is -2.22. The van der Waals surface area contributed by atoms with Crippen molar-refractivity contribution in [3.8, 4) is 5.75 Å². The van der Waals surface area contributed by atoms with Crippen LogP contribution in [0.3, 0.4) is 0 Å². The van der Waals surface area contributed by atoms with Gasteiger partial charge in [0.2, 0.25) is 0 Å². The Hall–Kier alpha value is -1.99. The van der Waals surface area contributed by atoms with Gasteiger partial charge in [0.05, 0.1) is 17.7 Å². The van der Waals surface area contributed by atoms with Gasteiger partial charge < -0.3 is 26.0 Å². The molecule has 134 valence electrons. The standard InChI is InChI=1S/C17H18Cl2N2O4/c18-11-3-6-15(13(19)7-11)25-9-16(23)21-14(8-22)17(24)10-1-4-12(20)5-2-10/h1-7,14,17,22,24H,8-9,20H2,(H,21,23). The maximum absolute atomic E-state index is 12.0. The molecule has 0 aliphatic heterocycles. The van der Waals surface area contributed by atoms with E-state index in [4.69, 9.17) is 33.7 Å². The Bertz CT molecular complexity index is 725. The number of carbonyl (C=O) groups is 1. The number of carbonyl (C=O) groups excluding carboxylic acids is 1. The number of aliphatic hydroxyl groups excluding tert-OH is 2. The third kappa shape index (κ3) is 5.51. The normalized spacial score (nSPS) is 13.1. The van der Waals surface area contributed by atoms with Crippen LogP contribution in [-0.4, -0.2) is 35.4 Å². The van der Waals surface area contributed by atoms with Gasteiger partial charge in [-0.3, -0.25) is 4.79 Å². The number of nitrogen functional groups attached to an aromatic ring is 1. The smallest absolute Gasteiger partial charge is 0.258 e. The van der Waals surface area contributed by atoms with Gasteiger partial charge in [0.25, 0.3) is 5.91 Å². The molecule has 2 unspecified atom stereocenters. The number of ether oxygens (including phenoxy) is 1. The summed E-state index contributed by atoms with van der Waals surface area (Å²) in [6, 6.07) is 10.2. The summed E-state index contributed by atoms with van der Waals surface area (Å²) in [4.78, 5) is 12.0. The predicted octanol–water partition coefficient (Wildman–Crippen LogP) is 2.17. The van der Waals surface area contributed by atoms with E-state index in [-0.39, 0.29) is 11.6 Å². The van der Waals surface area contributed by atoms with E-state index in [0.717, 1.165) is 0 Å². The zero-order valence-electron chi connectivity index (χ0n) is 13.2. The number of benzene rings is 2. The number of amides is 1. The lowest BCUT2D eigenvalue weighted by Crippen LogP contribution is -2.44. The highest BCUT2D eigenvalue weighted by molar-refractivity contribution is 6.35. The third-order valence-electron chi connectivity index (χ3n) is 3.45. The van der Waals surface area contributed by atoms with Crippen LogP contribution in [0, 0.1) is 0 Å². The minimum atomic E-state index is -1.09. The molecule has 0 heterocycles. The number of hydrogen-bond acceptors (Lipinski definition) is 5. The molecule has 25 heavy (non-hydrogen) atoms. The first kappa shape index (κ1) is 19.3. The van der Waals surface area contributed by atoms with E-state index in [1.165, 1.54) is 6.07 Å². The van der Waals surface area contributed by atoms with Gasteiger partial charge in [0.15, 0.2) is 6.61 Å². The second kappa shape index (κ2) is 8.92. The van der Waals surface area contributed by atoms with Gasteiger partial charge in [-0.1, -0.05) is 35.3 Å². The lowest BCUT2D eigenvalue weighted by molar-refractivity contribution is -0.125. The van der Waals surface area contributed by atoms with Gasteiger partial charge in [-0.2, -0.15) is 0 Å². The van der Waals surface area contributed by atoms with Crippen LogP contribution in [0.15, 0.2) is 42.5 Å². The summed E-state index contributed by atoms with van der Waals surface area (Å²) in [5.74, 6) is -0.208. The highest BCUT2D eigenvalue weighted by atomic mass is 35.5. The fraction of sp³-hybridized carbons (Fsp3) is 0.235. The maximum atomic E-state index is 12.0. The van der Waals surface area contributed by atoms with Gasteiger partial charge in [-0.05, 0) is 35.9 Å². The Morgan fingerprint density at radius 2 is 1.88 bits per heavy atom. The van der Waals surface area contributed by atoms with Crippen molar-refractivity contribution in [3.05, 3.63) is 58.1 Å². The number of nitrogens with two attached hydrogens (primary N) is 1. The molecule has 8 heteroatoms. The fourth-order valence-corrected chi connectivity index (χ4v) is 2.60. The van der Waals surface area contributed by atoms with Gasteiger partial charge >= 0.3 is 0 Å². The molecular weight excluding hydrogens is 367 g/mol. The third-order valence-corrected chi connectivity index (χ3v) is 3.99. The topological polar surface area (TPSA) is 105 Å². The van der Waals surface area contributed by atoms with E-state index in [1.807, 2.05) is 0 Å². The summed E-state index contributed by atoms with van der Waals surface area (Å²) < 4.78 is 5.32. The average Bonchev–Trinajstić information content (AvgIpc) is 2.59. The summed E-state index contributed by atoms with van der Waals surface area (Å²) in [5.41, 5.74) is 6.67. The second-order valence-corrected chi connectivity index (χ2v) is 6.18. The van der Waals surface area contributed by atoms with E-state index in [0.29, 0.717) is 22.0 Å². The Morgan fingerprint density at radius 1 is 1.20 bits per heavy atom. The number of aliphatic hydroxyl groups is 2. The molecule has 0 saturated heterocycles. The van der Waals surface area contributed by atoms with Crippen LogP contribution >= 0.6 is 23.2 Å². The summed E-state index contributed by atoms with van der Waals surface area (Å²) >= 11 is 11.7. The minimum Gasteiger partial charge on any atom is -0.482 e. The van der Waals surface area contributed by atoms with Crippen LogP contribution in [-0.2, 0) is 4.79 Å². The Kier molecular flexibility index (Phi) is 6.90. The molecule has 0 aromatic heterocycles. The fourth-order valence-electron chi connectivity index (χ4n) is 2.13. The number of rotatable bonds is 7. The minimum absolute atomic E-state index is 0.279. The molecule has 2 aromatic carbocycles. The quantitative estimate of drug-likeness (QED) is 0.547. The van der Waals surface area contributed by atoms with Gasteiger partial charge in [0, 0.05) is 10.7 Å². The van der Waals surface area contributed by atoms with Crippen LogP contribution in [0.2, 0.25) is 10.0 Å². The highest BCUT2D eigenvalue weighted by Crippen LogP contribution is 2.27. The zero-order chi connectivity index (χ0) is 18.4. The SMILES string of the molecule is Nc1ccc(C(O)C(CO)NC(=O)COc2ccc(Cl)cc2Cl)cc1. The largest absolute Gasteiger partial charge is 0.482 e. The molecule has 2 rings (SSSR count). The summed E-state index contributed by atoms with van der Waals surface area (Å²) in [7, 11) is 0. The first-order chi connectivity index (χ1) is 11.9. The molecule has 0 aliphatic rings. The summed E-state index contributed by atoms with van der Waals surface area (Å²) in [6.45, 7) is -0.773. The average molecular weight is 385 g/mol. The lowest BCUT2D eigenvalue weighted by atomic mass is 10.0. The zero-order valence-corrected chi connectivity index (χ0v) is 14.7. The monoisotopic (exact) mass is 384 g/mol. The van der Waals surface area contributed by atoms with E-state index in [9.17, 15) is 15.0 Å². The predicted molar refractivity (Wildman–Crippen MR) is 96.8 cm³/mol. The maximum Gasteiger partial charge on any atom is 0.258 e. The molecule has 6 nitrogen and oxygen atoms in total. The van der Waals surface area contributed by atoms with Crippen molar-refractivity contribution in [2.45, 2.75) is 12.1 Å². The van der Waals surface area contributed by atoms with E-state index in [1.54, 1.807) is 36.4 Å². The van der Waals surface area contributed by atoms with Crippen molar-refractivity contribution in [2.24, 2.45) is 0 Å². The van der Waals surface area contributed by atoms with E-state index < -0.39 is 24.7 Å². The van der Waals surface area contributed by atoms with Gasteiger partial charge in [-0.25, -0.2) is 0 Å². The molecule has 0 fully saturated rings. The van der Waals surface area contributed by atoms with Crippen molar-refractivity contribution in [1.82, 2.24) is 5.32 Å². The molecule has 5 N–H and O–H groups in total. The molecule has 1 amide bonds. The van der Waals surface area contributed by atoms with Crippen molar-refractivity contribution < 1.29 is 19.7 Å².